The Balaban J connectivity index is 1.96. The van der Waals surface area contributed by atoms with Gasteiger partial charge in [-0.25, -0.2) is 4.98 Å². The van der Waals surface area contributed by atoms with E-state index in [4.69, 9.17) is 16.2 Å². The molecular weight excluding hydrogens is 332 g/mol. The van der Waals surface area contributed by atoms with Crippen LogP contribution in [0.25, 0.3) is 10.9 Å². The molecule has 0 saturated carbocycles. The first-order valence-electron chi connectivity index (χ1n) is 6.33. The molecule has 0 bridgehead atoms. The summed E-state index contributed by atoms with van der Waals surface area (Å²) in [7, 11) is 0. The molecule has 0 unspecified atom stereocenters. The molecule has 0 radical (unpaired) electrons. The predicted molar refractivity (Wildman–Crippen MR) is 86.8 cm³/mol. The van der Waals surface area contributed by atoms with Crippen LogP contribution in [0.1, 0.15) is 5.56 Å². The van der Waals surface area contributed by atoms with E-state index >= 15 is 0 Å². The van der Waals surface area contributed by atoms with Crippen LogP contribution in [0, 0.1) is 0 Å². The third-order valence-corrected chi connectivity index (χ3v) is 3.85. The van der Waals surface area contributed by atoms with Crippen molar-refractivity contribution in [1.29, 1.82) is 0 Å². The molecule has 3 rings (SSSR count). The molecule has 0 amide bonds. The van der Waals surface area contributed by atoms with Crippen molar-refractivity contribution in [3.63, 3.8) is 0 Å². The summed E-state index contributed by atoms with van der Waals surface area (Å²) in [5.74, 6) is 1.11. The molecule has 0 saturated heterocycles. The summed E-state index contributed by atoms with van der Waals surface area (Å²) in [5.41, 5.74) is 13.3. The van der Waals surface area contributed by atoms with Gasteiger partial charge in [0.2, 0.25) is 5.95 Å². The van der Waals surface area contributed by atoms with Crippen LogP contribution in [0.5, 0.6) is 5.75 Å². The van der Waals surface area contributed by atoms with Crippen LogP contribution in [-0.2, 0) is 6.61 Å². The van der Waals surface area contributed by atoms with Gasteiger partial charge in [0.05, 0.1) is 10.9 Å². The number of hydrogen-bond acceptors (Lipinski definition) is 5. The van der Waals surface area contributed by atoms with E-state index in [0.29, 0.717) is 29.1 Å². The Morgan fingerprint density at radius 2 is 1.81 bits per heavy atom. The summed E-state index contributed by atoms with van der Waals surface area (Å²) in [4.78, 5) is 8.16. The largest absolute Gasteiger partial charge is 0.488 e. The lowest BCUT2D eigenvalue weighted by molar-refractivity contribution is 0.309. The number of nitrogen functional groups attached to an aromatic ring is 2. The second-order valence-electron chi connectivity index (χ2n) is 4.50. The van der Waals surface area contributed by atoms with E-state index in [1.165, 1.54) is 0 Å². The van der Waals surface area contributed by atoms with Crippen LogP contribution in [-0.4, -0.2) is 9.97 Å². The van der Waals surface area contributed by atoms with Gasteiger partial charge in [-0.2, -0.15) is 4.98 Å². The van der Waals surface area contributed by atoms with Gasteiger partial charge in [0.25, 0.3) is 0 Å². The smallest absolute Gasteiger partial charge is 0.222 e. The van der Waals surface area contributed by atoms with Crippen LogP contribution in [0.3, 0.4) is 0 Å². The molecule has 2 aromatic carbocycles. The van der Waals surface area contributed by atoms with Gasteiger partial charge in [0.15, 0.2) is 0 Å². The average molecular weight is 345 g/mol. The summed E-state index contributed by atoms with van der Waals surface area (Å²) in [6.45, 7) is 0.421. The lowest BCUT2D eigenvalue weighted by Crippen LogP contribution is -2.03. The number of nitrogens with two attached hydrogens (primary N) is 2. The fraction of sp³-hybridized carbons (Fsp3) is 0.0667. The first-order valence-corrected chi connectivity index (χ1v) is 7.12. The molecule has 0 spiro atoms. The summed E-state index contributed by atoms with van der Waals surface area (Å²) in [5, 5.41) is 0.679. The van der Waals surface area contributed by atoms with Crippen molar-refractivity contribution in [2.24, 2.45) is 0 Å². The molecule has 21 heavy (non-hydrogen) atoms. The van der Waals surface area contributed by atoms with Gasteiger partial charge >= 0.3 is 0 Å². The zero-order valence-corrected chi connectivity index (χ0v) is 12.7. The van der Waals surface area contributed by atoms with Gasteiger partial charge in [-0.3, -0.25) is 0 Å². The second-order valence-corrected chi connectivity index (χ2v) is 5.35. The fourth-order valence-electron chi connectivity index (χ4n) is 2.09. The van der Waals surface area contributed by atoms with Crippen LogP contribution >= 0.6 is 15.9 Å². The van der Waals surface area contributed by atoms with Gasteiger partial charge in [0.1, 0.15) is 18.2 Å². The topological polar surface area (TPSA) is 87.0 Å². The number of benzene rings is 2. The van der Waals surface area contributed by atoms with Crippen molar-refractivity contribution < 1.29 is 4.74 Å². The number of nitrogens with zero attached hydrogens (tertiary/aromatic N) is 2. The Hall–Kier alpha value is -2.34. The standard InChI is InChI=1S/C15H13BrN4O/c16-10-5-2-1-4-9(10)8-21-12-7-3-6-11-13(12)14(17)20-15(18)19-11/h1-7H,8H2,(H4,17,18,19,20). The molecule has 1 heterocycles. The van der Waals surface area contributed by atoms with Gasteiger partial charge in [-0.15, -0.1) is 0 Å². The number of ether oxygens (including phenoxy) is 1. The number of fused-ring (bicyclic) bond motifs is 1. The van der Waals surface area contributed by atoms with Crippen molar-refractivity contribution in [2.75, 3.05) is 11.5 Å². The van der Waals surface area contributed by atoms with Gasteiger partial charge in [-0.05, 0) is 18.2 Å². The molecule has 6 heteroatoms. The summed E-state index contributed by atoms with van der Waals surface area (Å²) >= 11 is 3.50. The summed E-state index contributed by atoms with van der Waals surface area (Å²) in [6, 6.07) is 13.4. The highest BCUT2D eigenvalue weighted by Gasteiger charge is 2.10. The third-order valence-electron chi connectivity index (χ3n) is 3.07. The zero-order chi connectivity index (χ0) is 14.8. The van der Waals surface area contributed by atoms with E-state index in [1.807, 2.05) is 42.5 Å². The first-order chi connectivity index (χ1) is 10.1. The maximum atomic E-state index is 5.94. The van der Waals surface area contributed by atoms with E-state index in [0.717, 1.165) is 10.0 Å². The average Bonchev–Trinajstić information content (AvgIpc) is 2.45. The Morgan fingerprint density at radius 1 is 1.00 bits per heavy atom. The van der Waals surface area contributed by atoms with E-state index < -0.39 is 0 Å². The quantitative estimate of drug-likeness (QED) is 0.762. The number of anilines is 2. The fourth-order valence-corrected chi connectivity index (χ4v) is 2.49. The second kappa shape index (κ2) is 5.57. The SMILES string of the molecule is Nc1nc(N)c2c(OCc3ccccc3Br)cccc2n1. The van der Waals surface area contributed by atoms with Gasteiger partial charge in [-0.1, -0.05) is 40.2 Å². The Labute approximate surface area is 130 Å². The highest BCUT2D eigenvalue weighted by Crippen LogP contribution is 2.30. The highest BCUT2D eigenvalue weighted by molar-refractivity contribution is 9.10. The molecule has 0 aliphatic heterocycles. The normalized spacial score (nSPS) is 10.7. The Kier molecular flexibility index (Phi) is 3.62. The lowest BCUT2D eigenvalue weighted by atomic mass is 10.2. The Bertz CT molecular complexity index is 807. The van der Waals surface area contributed by atoms with Crippen molar-refractivity contribution >= 4 is 38.6 Å². The molecule has 1 aromatic heterocycles. The predicted octanol–water partition coefficient (Wildman–Crippen LogP) is 3.14. The maximum absolute atomic E-state index is 5.94. The van der Waals surface area contributed by atoms with Crippen molar-refractivity contribution in [1.82, 2.24) is 9.97 Å². The number of rotatable bonds is 3. The minimum absolute atomic E-state index is 0.156. The highest BCUT2D eigenvalue weighted by atomic mass is 79.9. The molecule has 3 aromatic rings. The number of aromatic nitrogens is 2. The number of hydrogen-bond donors (Lipinski definition) is 2. The molecule has 106 valence electrons. The van der Waals surface area contributed by atoms with Crippen LogP contribution in [0.15, 0.2) is 46.9 Å². The van der Waals surface area contributed by atoms with Crippen molar-refractivity contribution in [2.45, 2.75) is 6.61 Å². The molecule has 0 atom stereocenters. The molecular formula is C15H13BrN4O. The molecule has 5 nitrogen and oxygen atoms in total. The van der Waals surface area contributed by atoms with Crippen LogP contribution in [0.2, 0.25) is 0 Å². The van der Waals surface area contributed by atoms with Crippen molar-refractivity contribution in [3.8, 4) is 5.75 Å². The van der Waals surface area contributed by atoms with E-state index in [1.54, 1.807) is 0 Å². The maximum Gasteiger partial charge on any atom is 0.222 e. The summed E-state index contributed by atoms with van der Waals surface area (Å²) in [6.07, 6.45) is 0. The van der Waals surface area contributed by atoms with Crippen LogP contribution in [0.4, 0.5) is 11.8 Å². The first kappa shape index (κ1) is 13.6. The molecule has 4 N–H and O–H groups in total. The Morgan fingerprint density at radius 3 is 2.62 bits per heavy atom. The van der Waals surface area contributed by atoms with E-state index in [-0.39, 0.29) is 5.95 Å². The lowest BCUT2D eigenvalue weighted by Gasteiger charge is -2.11. The van der Waals surface area contributed by atoms with Gasteiger partial charge in [0, 0.05) is 10.0 Å². The molecule has 0 aliphatic rings. The number of halogens is 1. The minimum Gasteiger partial charge on any atom is -0.488 e. The van der Waals surface area contributed by atoms with E-state index in [9.17, 15) is 0 Å². The molecule has 0 aliphatic carbocycles. The monoisotopic (exact) mass is 344 g/mol. The zero-order valence-electron chi connectivity index (χ0n) is 11.1. The van der Waals surface area contributed by atoms with Gasteiger partial charge < -0.3 is 16.2 Å². The van der Waals surface area contributed by atoms with Crippen molar-refractivity contribution in [3.05, 3.63) is 52.5 Å². The van der Waals surface area contributed by atoms with Crippen LogP contribution < -0.4 is 16.2 Å². The minimum atomic E-state index is 0.156. The summed E-state index contributed by atoms with van der Waals surface area (Å²) < 4.78 is 6.87. The third kappa shape index (κ3) is 2.75. The molecule has 0 fully saturated rings. The van der Waals surface area contributed by atoms with E-state index in [2.05, 4.69) is 25.9 Å².